The minimum Gasteiger partial charge on any atom is -0.352 e. The summed E-state index contributed by atoms with van der Waals surface area (Å²) < 4.78 is 29.6. The predicted molar refractivity (Wildman–Crippen MR) is 166 cm³/mol. The van der Waals surface area contributed by atoms with E-state index >= 15 is 0 Å². The first kappa shape index (κ1) is 31.1. The third-order valence-electron chi connectivity index (χ3n) is 7.33. The number of hydrogen-bond acceptors (Lipinski definition) is 4. The Labute approximate surface area is 256 Å². The zero-order valence-electron chi connectivity index (χ0n) is 23.0. The van der Waals surface area contributed by atoms with Crippen LogP contribution in [0.1, 0.15) is 51.0 Å². The van der Waals surface area contributed by atoms with Gasteiger partial charge in [0.1, 0.15) is 12.6 Å². The molecule has 0 radical (unpaired) electrons. The SMILES string of the molecule is CCC(C(=O)NC1CCCCC1)N(Cc1ccc(Cl)cc1)C(=O)CN(c1ccc(Br)cc1)S(=O)(=O)c1ccccc1. The maximum Gasteiger partial charge on any atom is 0.264 e. The standard InChI is InChI=1S/C31H35BrClN3O4S/c1-2-29(31(38)34-26-9-5-3-6-10-26)35(21-23-13-17-25(33)18-14-23)30(37)22-36(27-19-15-24(32)16-20-27)41(39,40)28-11-7-4-8-12-28/h4,7-8,11-20,26,29H,2-3,5-6,9-10,21-22H2,1H3,(H,34,38). The summed E-state index contributed by atoms with van der Waals surface area (Å²) in [7, 11) is -4.10. The van der Waals surface area contributed by atoms with Gasteiger partial charge in [-0.05, 0) is 73.4 Å². The van der Waals surface area contributed by atoms with E-state index in [-0.39, 0.29) is 23.4 Å². The Morgan fingerprint density at radius 3 is 2.20 bits per heavy atom. The van der Waals surface area contributed by atoms with Gasteiger partial charge in [-0.3, -0.25) is 13.9 Å². The van der Waals surface area contributed by atoms with Gasteiger partial charge in [-0.15, -0.1) is 0 Å². The van der Waals surface area contributed by atoms with E-state index in [2.05, 4.69) is 21.2 Å². The van der Waals surface area contributed by atoms with Crippen molar-refractivity contribution in [2.24, 2.45) is 0 Å². The number of carbonyl (C=O) groups is 2. The van der Waals surface area contributed by atoms with Gasteiger partial charge >= 0.3 is 0 Å². The molecule has 41 heavy (non-hydrogen) atoms. The summed E-state index contributed by atoms with van der Waals surface area (Å²) >= 11 is 9.49. The topological polar surface area (TPSA) is 86.8 Å². The number of benzene rings is 3. The average Bonchev–Trinajstić information content (AvgIpc) is 2.98. The van der Waals surface area contributed by atoms with E-state index < -0.39 is 28.5 Å². The number of rotatable bonds is 11. The lowest BCUT2D eigenvalue weighted by molar-refractivity contribution is -0.140. The number of nitrogens with zero attached hydrogens (tertiary/aromatic N) is 2. The molecule has 1 N–H and O–H groups in total. The van der Waals surface area contributed by atoms with Gasteiger partial charge in [0.25, 0.3) is 10.0 Å². The van der Waals surface area contributed by atoms with Crippen molar-refractivity contribution in [1.82, 2.24) is 10.2 Å². The van der Waals surface area contributed by atoms with Crippen LogP contribution in [0.5, 0.6) is 0 Å². The molecular weight excluding hydrogens is 626 g/mol. The number of amides is 2. The van der Waals surface area contributed by atoms with Crippen LogP contribution in [0.25, 0.3) is 0 Å². The van der Waals surface area contributed by atoms with E-state index in [4.69, 9.17) is 11.6 Å². The predicted octanol–water partition coefficient (Wildman–Crippen LogP) is 6.55. The fourth-order valence-corrected chi connectivity index (χ4v) is 6.93. The lowest BCUT2D eigenvalue weighted by atomic mass is 9.95. The van der Waals surface area contributed by atoms with Gasteiger partial charge in [0.15, 0.2) is 0 Å². The molecule has 4 rings (SSSR count). The van der Waals surface area contributed by atoms with E-state index in [1.165, 1.54) is 17.0 Å². The Balaban J connectivity index is 1.68. The molecule has 3 aromatic rings. The second kappa shape index (κ2) is 14.3. The van der Waals surface area contributed by atoms with Crippen molar-refractivity contribution in [3.63, 3.8) is 0 Å². The van der Waals surface area contributed by atoms with Gasteiger partial charge < -0.3 is 10.2 Å². The smallest absolute Gasteiger partial charge is 0.264 e. The first-order valence-electron chi connectivity index (χ1n) is 13.9. The molecular formula is C31H35BrClN3O4S. The van der Waals surface area contributed by atoms with Gasteiger partial charge in [-0.1, -0.05) is 84.0 Å². The average molecular weight is 661 g/mol. The zero-order chi connectivity index (χ0) is 29.4. The fraction of sp³-hybridized carbons (Fsp3) is 0.355. The molecule has 0 saturated heterocycles. The lowest BCUT2D eigenvalue weighted by Crippen LogP contribution is -2.54. The Hall–Kier alpha value is -2.88. The van der Waals surface area contributed by atoms with E-state index in [1.807, 2.05) is 19.1 Å². The first-order valence-corrected chi connectivity index (χ1v) is 16.5. The molecule has 1 fully saturated rings. The van der Waals surface area contributed by atoms with Crippen LogP contribution in [-0.4, -0.2) is 43.8 Å². The van der Waals surface area contributed by atoms with Crippen LogP contribution in [0.2, 0.25) is 5.02 Å². The highest BCUT2D eigenvalue weighted by Gasteiger charge is 2.34. The third kappa shape index (κ3) is 8.11. The molecule has 0 spiro atoms. The molecule has 218 valence electrons. The number of nitrogens with one attached hydrogen (secondary N) is 1. The maximum absolute atomic E-state index is 14.1. The minimum absolute atomic E-state index is 0.0713. The van der Waals surface area contributed by atoms with E-state index in [0.717, 1.165) is 46.4 Å². The summed E-state index contributed by atoms with van der Waals surface area (Å²) in [5, 5.41) is 3.72. The highest BCUT2D eigenvalue weighted by Crippen LogP contribution is 2.27. The second-order valence-corrected chi connectivity index (χ2v) is 13.4. The summed E-state index contributed by atoms with van der Waals surface area (Å²) in [5.41, 5.74) is 1.13. The van der Waals surface area contributed by atoms with E-state index in [9.17, 15) is 18.0 Å². The Bertz CT molecular complexity index is 1410. The van der Waals surface area contributed by atoms with Crippen LogP contribution in [0.15, 0.2) is 88.2 Å². The third-order valence-corrected chi connectivity index (χ3v) is 9.90. The molecule has 1 aliphatic rings. The summed E-state index contributed by atoms with van der Waals surface area (Å²) in [4.78, 5) is 29.3. The van der Waals surface area contributed by atoms with Gasteiger partial charge in [0, 0.05) is 22.1 Å². The summed E-state index contributed by atoms with van der Waals surface area (Å²) in [5.74, 6) is -0.698. The van der Waals surface area contributed by atoms with Crippen LogP contribution in [0.3, 0.4) is 0 Å². The molecule has 3 aromatic carbocycles. The van der Waals surface area contributed by atoms with Gasteiger partial charge in [0.05, 0.1) is 10.6 Å². The highest BCUT2D eigenvalue weighted by atomic mass is 79.9. The van der Waals surface area contributed by atoms with Crippen LogP contribution in [-0.2, 0) is 26.2 Å². The molecule has 7 nitrogen and oxygen atoms in total. The van der Waals surface area contributed by atoms with Crippen LogP contribution >= 0.6 is 27.5 Å². The van der Waals surface area contributed by atoms with Crippen LogP contribution < -0.4 is 9.62 Å². The van der Waals surface area contributed by atoms with Crippen molar-refractivity contribution < 1.29 is 18.0 Å². The minimum atomic E-state index is -4.10. The van der Waals surface area contributed by atoms with Gasteiger partial charge in [-0.25, -0.2) is 8.42 Å². The number of carbonyl (C=O) groups excluding carboxylic acids is 2. The number of hydrogen-bond donors (Lipinski definition) is 1. The molecule has 1 aliphatic carbocycles. The summed E-state index contributed by atoms with van der Waals surface area (Å²) in [6.45, 7) is 1.52. The fourth-order valence-electron chi connectivity index (χ4n) is 5.11. The summed E-state index contributed by atoms with van der Waals surface area (Å²) in [6, 6.07) is 21.2. The van der Waals surface area contributed by atoms with Crippen molar-refractivity contribution in [2.75, 3.05) is 10.8 Å². The van der Waals surface area contributed by atoms with Crippen LogP contribution in [0.4, 0.5) is 5.69 Å². The number of anilines is 1. The Morgan fingerprint density at radius 1 is 0.951 bits per heavy atom. The molecule has 1 saturated carbocycles. The van der Waals surface area contributed by atoms with Crippen molar-refractivity contribution >= 4 is 55.1 Å². The van der Waals surface area contributed by atoms with Crippen molar-refractivity contribution in [2.45, 2.75) is 69.0 Å². The first-order chi connectivity index (χ1) is 19.7. The molecule has 2 amide bonds. The highest BCUT2D eigenvalue weighted by molar-refractivity contribution is 9.10. The van der Waals surface area contributed by atoms with Gasteiger partial charge in [0.2, 0.25) is 11.8 Å². The molecule has 10 heteroatoms. The molecule has 1 unspecified atom stereocenters. The van der Waals surface area contributed by atoms with Crippen LogP contribution in [0, 0.1) is 0 Å². The van der Waals surface area contributed by atoms with Crippen molar-refractivity contribution in [1.29, 1.82) is 0 Å². The maximum atomic E-state index is 14.1. The van der Waals surface area contributed by atoms with E-state index in [0.29, 0.717) is 17.1 Å². The summed E-state index contributed by atoms with van der Waals surface area (Å²) in [6.07, 6.45) is 5.50. The quantitative estimate of drug-likeness (QED) is 0.253. The molecule has 0 aliphatic heterocycles. The Morgan fingerprint density at radius 2 is 1.59 bits per heavy atom. The van der Waals surface area contributed by atoms with E-state index in [1.54, 1.807) is 54.6 Å². The lowest BCUT2D eigenvalue weighted by Gasteiger charge is -2.34. The molecule has 0 bridgehead atoms. The van der Waals surface area contributed by atoms with Gasteiger partial charge in [-0.2, -0.15) is 0 Å². The largest absolute Gasteiger partial charge is 0.352 e. The number of sulfonamides is 1. The number of halogens is 2. The molecule has 0 aromatic heterocycles. The van der Waals surface area contributed by atoms with Crippen molar-refractivity contribution in [3.05, 3.63) is 93.9 Å². The Kier molecular flexibility index (Phi) is 10.9. The second-order valence-electron chi connectivity index (χ2n) is 10.2. The van der Waals surface area contributed by atoms with Crippen molar-refractivity contribution in [3.8, 4) is 0 Å². The molecule has 1 atom stereocenters. The normalized spacial score (nSPS) is 14.7. The zero-order valence-corrected chi connectivity index (χ0v) is 26.2. The monoisotopic (exact) mass is 659 g/mol. The molecule has 0 heterocycles.